The lowest BCUT2D eigenvalue weighted by molar-refractivity contribution is -0.383. The third kappa shape index (κ3) is 3.95. The number of anilines is 2. The highest BCUT2D eigenvalue weighted by Gasteiger charge is 2.27. The van der Waals surface area contributed by atoms with Crippen LogP contribution in [0.1, 0.15) is 37.3 Å². The number of H-pyrrole nitrogens is 1. The number of rotatable bonds is 5. The predicted molar refractivity (Wildman–Crippen MR) is 113 cm³/mol. The largest absolute Gasteiger partial charge is 0.381 e. The molecular weight excluding hydrogens is 426 g/mol. The second kappa shape index (κ2) is 8.33. The van der Waals surface area contributed by atoms with Crippen LogP contribution in [0.15, 0.2) is 23.0 Å². The number of nitrogens with zero attached hydrogens (tertiary/aromatic N) is 5. The van der Waals surface area contributed by atoms with E-state index in [-0.39, 0.29) is 45.9 Å². The molecule has 160 valence electrons. The van der Waals surface area contributed by atoms with Gasteiger partial charge in [0, 0.05) is 19.2 Å². The summed E-state index contributed by atoms with van der Waals surface area (Å²) >= 11 is 6.28. The van der Waals surface area contributed by atoms with Gasteiger partial charge in [-0.2, -0.15) is 15.2 Å². The molecule has 0 amide bonds. The quantitative estimate of drug-likeness (QED) is 0.345. The summed E-state index contributed by atoms with van der Waals surface area (Å²) in [4.78, 5) is 34.6. The number of hydrogen-bond acceptors (Lipinski definition) is 8. The summed E-state index contributed by atoms with van der Waals surface area (Å²) in [5, 5.41) is 23.2. The number of aromatic amines is 1. The van der Waals surface area contributed by atoms with Crippen molar-refractivity contribution in [2.45, 2.75) is 37.8 Å². The third-order valence-electron chi connectivity index (χ3n) is 5.44. The van der Waals surface area contributed by atoms with E-state index in [1.165, 1.54) is 18.2 Å². The number of fused-ring (bicyclic) bond motifs is 1. The first-order valence-corrected chi connectivity index (χ1v) is 9.95. The van der Waals surface area contributed by atoms with Gasteiger partial charge in [-0.1, -0.05) is 11.6 Å². The summed E-state index contributed by atoms with van der Waals surface area (Å²) in [6, 6.07) is 5.75. The second-order valence-corrected chi connectivity index (χ2v) is 7.59. The normalized spacial score (nSPS) is 18.6. The van der Waals surface area contributed by atoms with Crippen molar-refractivity contribution in [1.82, 2.24) is 19.5 Å². The molecule has 4 rings (SSSR count). The van der Waals surface area contributed by atoms with Gasteiger partial charge in [0.2, 0.25) is 5.95 Å². The molecule has 0 aliphatic heterocycles. The Bertz CT molecular complexity index is 1250. The first kappa shape index (κ1) is 20.8. The molecule has 1 aromatic carbocycles. The molecule has 11 nitrogen and oxygen atoms in total. The van der Waals surface area contributed by atoms with Crippen LogP contribution in [0.25, 0.3) is 11.2 Å². The van der Waals surface area contributed by atoms with Crippen LogP contribution >= 0.6 is 11.6 Å². The van der Waals surface area contributed by atoms with Crippen molar-refractivity contribution < 1.29 is 9.66 Å². The van der Waals surface area contributed by atoms with E-state index >= 15 is 0 Å². The van der Waals surface area contributed by atoms with E-state index < -0.39 is 4.92 Å². The number of imidazole rings is 1. The van der Waals surface area contributed by atoms with Crippen LogP contribution in [0.4, 0.5) is 17.3 Å². The zero-order chi connectivity index (χ0) is 22.1. The molecule has 0 atom stereocenters. The van der Waals surface area contributed by atoms with Gasteiger partial charge in [-0.3, -0.25) is 14.7 Å². The van der Waals surface area contributed by atoms with E-state index in [9.17, 15) is 14.9 Å². The van der Waals surface area contributed by atoms with Crippen LogP contribution in [-0.2, 0) is 4.74 Å². The topological polar surface area (TPSA) is 152 Å². The summed E-state index contributed by atoms with van der Waals surface area (Å²) in [6.45, 7) is 0. The Morgan fingerprint density at radius 2 is 2.10 bits per heavy atom. The highest BCUT2D eigenvalue weighted by atomic mass is 35.5. The summed E-state index contributed by atoms with van der Waals surface area (Å²) in [6.07, 6.45) is 3.28. The average molecular weight is 444 g/mol. The number of nitrogens with one attached hydrogen (secondary N) is 2. The van der Waals surface area contributed by atoms with Gasteiger partial charge in [0.1, 0.15) is 11.2 Å². The van der Waals surface area contributed by atoms with Crippen LogP contribution < -0.4 is 11.0 Å². The van der Waals surface area contributed by atoms with Gasteiger partial charge in [0.15, 0.2) is 10.8 Å². The summed E-state index contributed by atoms with van der Waals surface area (Å²) < 4.78 is 6.95. The maximum atomic E-state index is 12.6. The van der Waals surface area contributed by atoms with Gasteiger partial charge in [-0.25, -0.2) is 4.79 Å². The molecule has 31 heavy (non-hydrogen) atoms. The van der Waals surface area contributed by atoms with Gasteiger partial charge < -0.3 is 15.0 Å². The number of methoxy groups -OCH3 is 1. The number of nitro groups is 1. The molecule has 12 heteroatoms. The fourth-order valence-corrected chi connectivity index (χ4v) is 4.10. The van der Waals surface area contributed by atoms with E-state index in [1.54, 1.807) is 11.7 Å². The molecule has 2 N–H and O–H groups in total. The lowest BCUT2D eigenvalue weighted by atomic mass is 9.93. The first-order valence-electron chi connectivity index (χ1n) is 9.57. The minimum atomic E-state index is -0.579. The van der Waals surface area contributed by atoms with Crippen LogP contribution in [0.5, 0.6) is 0 Å². The monoisotopic (exact) mass is 443 g/mol. The number of halogens is 1. The lowest BCUT2D eigenvalue weighted by Crippen LogP contribution is -2.28. The Balaban J connectivity index is 1.75. The minimum Gasteiger partial charge on any atom is -0.381 e. The van der Waals surface area contributed by atoms with Crippen LogP contribution in [-0.4, -0.2) is 37.7 Å². The van der Waals surface area contributed by atoms with Crippen molar-refractivity contribution in [1.29, 1.82) is 5.26 Å². The molecule has 2 aromatic heterocycles. The van der Waals surface area contributed by atoms with Gasteiger partial charge in [0.05, 0.1) is 22.7 Å². The van der Waals surface area contributed by atoms with E-state index in [0.717, 1.165) is 25.7 Å². The van der Waals surface area contributed by atoms with Crippen molar-refractivity contribution in [3.63, 3.8) is 0 Å². The Morgan fingerprint density at radius 3 is 2.74 bits per heavy atom. The van der Waals surface area contributed by atoms with E-state index in [2.05, 4.69) is 20.3 Å². The predicted octanol–water partition coefficient (Wildman–Crippen LogP) is 3.43. The highest BCUT2D eigenvalue weighted by molar-refractivity contribution is 6.33. The van der Waals surface area contributed by atoms with Crippen LogP contribution in [0.3, 0.4) is 0 Å². The SMILES string of the molecule is COC1CCC(n2c(=O)[nH]c3c(Cl)nc(Nc4cc(C#N)ccc4[N+](=O)[O-])nc32)CC1. The van der Waals surface area contributed by atoms with E-state index in [4.69, 9.17) is 21.6 Å². The Labute approximate surface area is 180 Å². The van der Waals surface area contributed by atoms with Crippen molar-refractivity contribution >= 4 is 40.1 Å². The van der Waals surface area contributed by atoms with Crippen LogP contribution in [0, 0.1) is 21.4 Å². The molecule has 1 aliphatic rings. The minimum absolute atomic E-state index is 0.00742. The Hall–Kier alpha value is -3.49. The highest BCUT2D eigenvalue weighted by Crippen LogP contribution is 2.33. The maximum Gasteiger partial charge on any atom is 0.328 e. The molecule has 0 saturated heterocycles. The third-order valence-corrected chi connectivity index (χ3v) is 5.71. The fraction of sp³-hybridized carbons (Fsp3) is 0.368. The molecule has 0 radical (unpaired) electrons. The molecule has 1 aliphatic carbocycles. The zero-order valence-corrected chi connectivity index (χ0v) is 17.2. The number of ether oxygens (including phenoxy) is 1. The van der Waals surface area contributed by atoms with Gasteiger partial charge in [0.25, 0.3) is 5.69 Å². The summed E-state index contributed by atoms with van der Waals surface area (Å²) in [5.74, 6) is -0.0194. The van der Waals surface area contributed by atoms with Gasteiger partial charge >= 0.3 is 5.69 Å². The van der Waals surface area contributed by atoms with Crippen molar-refractivity contribution in [3.05, 3.63) is 49.5 Å². The molecule has 1 saturated carbocycles. The number of aromatic nitrogens is 4. The van der Waals surface area contributed by atoms with E-state index in [0.29, 0.717) is 11.2 Å². The Kier molecular flexibility index (Phi) is 5.58. The van der Waals surface area contributed by atoms with Crippen molar-refractivity contribution in [2.75, 3.05) is 12.4 Å². The standard InChI is InChI=1S/C19H18ClN7O4/c1-31-12-5-3-11(4-6-12)26-17-15(23-19(26)28)16(20)24-18(25-17)22-13-8-10(9-21)2-7-14(13)27(29)30/h2,7-8,11-12H,3-6H2,1H3,(H,23,28)(H,22,24,25). The van der Waals surface area contributed by atoms with Crippen molar-refractivity contribution in [2.24, 2.45) is 0 Å². The first-order chi connectivity index (χ1) is 14.9. The molecule has 1 fully saturated rings. The lowest BCUT2D eigenvalue weighted by Gasteiger charge is -2.28. The number of benzene rings is 1. The van der Waals surface area contributed by atoms with Gasteiger partial charge in [-0.15, -0.1) is 0 Å². The van der Waals surface area contributed by atoms with Gasteiger partial charge in [-0.05, 0) is 37.8 Å². The second-order valence-electron chi connectivity index (χ2n) is 7.23. The Morgan fingerprint density at radius 1 is 1.35 bits per heavy atom. The fourth-order valence-electron chi connectivity index (χ4n) is 3.89. The average Bonchev–Trinajstić information content (AvgIpc) is 3.10. The molecule has 0 bridgehead atoms. The zero-order valence-electron chi connectivity index (χ0n) is 16.5. The van der Waals surface area contributed by atoms with Crippen LogP contribution in [0.2, 0.25) is 5.15 Å². The molecule has 0 unspecified atom stereocenters. The number of nitro benzene ring substituents is 1. The molecular formula is C19H18ClN7O4. The summed E-state index contributed by atoms with van der Waals surface area (Å²) in [5.41, 5.74) is 0.293. The molecule has 0 spiro atoms. The number of hydrogen-bond donors (Lipinski definition) is 2. The van der Waals surface area contributed by atoms with E-state index in [1.807, 2.05) is 6.07 Å². The molecule has 2 heterocycles. The van der Waals surface area contributed by atoms with Crippen molar-refractivity contribution in [3.8, 4) is 6.07 Å². The number of nitriles is 1. The smallest absolute Gasteiger partial charge is 0.328 e. The summed E-state index contributed by atoms with van der Waals surface area (Å²) in [7, 11) is 1.67. The molecule has 3 aromatic rings. The maximum absolute atomic E-state index is 12.6.